The van der Waals surface area contributed by atoms with Gasteiger partial charge in [0.15, 0.2) is 5.11 Å². The summed E-state index contributed by atoms with van der Waals surface area (Å²) in [6.45, 7) is 1.24. The van der Waals surface area contributed by atoms with Crippen LogP contribution in [-0.4, -0.2) is 24.1 Å². The lowest BCUT2D eigenvalue weighted by atomic mass is 10.3. The molecule has 2 rings (SSSR count). The van der Waals surface area contributed by atoms with E-state index in [-0.39, 0.29) is 11.8 Å². The van der Waals surface area contributed by atoms with Crippen molar-refractivity contribution in [2.45, 2.75) is 12.8 Å². The fraction of sp³-hybridized carbons (Fsp3) is 0.385. The Kier molecular flexibility index (Phi) is 4.52. The molecule has 0 bridgehead atoms. The standard InChI is InChI=1S/C13H17N3OS/c17-12(10-6-7-10)14-8-9-15-13(18)16-11-4-2-1-3-5-11/h1-5,10H,6-9H2,(H,14,17)(H2,15,16,18). The Morgan fingerprint density at radius 3 is 2.50 bits per heavy atom. The molecule has 1 amide bonds. The van der Waals surface area contributed by atoms with Crippen LogP contribution in [0.2, 0.25) is 0 Å². The number of carbonyl (C=O) groups is 1. The van der Waals surface area contributed by atoms with E-state index in [1.165, 1.54) is 0 Å². The Morgan fingerprint density at radius 2 is 1.83 bits per heavy atom. The molecule has 0 spiro atoms. The van der Waals surface area contributed by atoms with Crippen molar-refractivity contribution in [2.24, 2.45) is 5.92 Å². The molecule has 3 N–H and O–H groups in total. The van der Waals surface area contributed by atoms with Crippen molar-refractivity contribution in [3.63, 3.8) is 0 Å². The number of carbonyl (C=O) groups excluding carboxylic acids is 1. The highest BCUT2D eigenvalue weighted by Crippen LogP contribution is 2.28. The first-order valence-electron chi connectivity index (χ1n) is 6.13. The van der Waals surface area contributed by atoms with Crippen LogP contribution in [0.15, 0.2) is 30.3 Å². The summed E-state index contributed by atoms with van der Waals surface area (Å²) >= 11 is 5.14. The van der Waals surface area contributed by atoms with E-state index in [1.54, 1.807) is 0 Å². The zero-order valence-electron chi connectivity index (χ0n) is 10.1. The van der Waals surface area contributed by atoms with E-state index in [0.717, 1.165) is 18.5 Å². The van der Waals surface area contributed by atoms with Gasteiger partial charge in [-0.15, -0.1) is 0 Å². The van der Waals surface area contributed by atoms with Crippen LogP contribution in [0.4, 0.5) is 5.69 Å². The van der Waals surface area contributed by atoms with Crippen LogP contribution in [0, 0.1) is 5.92 Å². The molecule has 0 atom stereocenters. The molecule has 0 aliphatic heterocycles. The quantitative estimate of drug-likeness (QED) is 0.556. The van der Waals surface area contributed by atoms with Gasteiger partial charge in [-0.1, -0.05) is 18.2 Å². The van der Waals surface area contributed by atoms with Gasteiger partial charge in [0.05, 0.1) is 0 Å². The van der Waals surface area contributed by atoms with Gasteiger partial charge in [0.2, 0.25) is 5.91 Å². The van der Waals surface area contributed by atoms with E-state index in [1.807, 2.05) is 30.3 Å². The van der Waals surface area contributed by atoms with E-state index >= 15 is 0 Å². The van der Waals surface area contributed by atoms with Crippen LogP contribution in [0.1, 0.15) is 12.8 Å². The molecule has 1 aliphatic carbocycles. The summed E-state index contributed by atoms with van der Waals surface area (Å²) in [6.07, 6.45) is 2.07. The number of para-hydroxylation sites is 1. The lowest BCUT2D eigenvalue weighted by molar-refractivity contribution is -0.122. The third-order valence-corrected chi connectivity index (χ3v) is 2.94. The number of rotatable bonds is 5. The number of hydrogen-bond donors (Lipinski definition) is 3. The minimum Gasteiger partial charge on any atom is -0.361 e. The van der Waals surface area contributed by atoms with Crippen LogP contribution in [-0.2, 0) is 4.79 Å². The molecule has 0 radical (unpaired) electrons. The first-order chi connectivity index (χ1) is 8.75. The normalized spacial score (nSPS) is 13.8. The Hall–Kier alpha value is -1.62. The highest BCUT2D eigenvalue weighted by Gasteiger charge is 2.28. The van der Waals surface area contributed by atoms with Gasteiger partial charge in [-0.2, -0.15) is 0 Å². The maximum Gasteiger partial charge on any atom is 0.223 e. The molecule has 0 saturated heterocycles. The molecule has 0 heterocycles. The summed E-state index contributed by atoms with van der Waals surface area (Å²) in [5, 5.41) is 9.57. The molecular weight excluding hydrogens is 246 g/mol. The van der Waals surface area contributed by atoms with E-state index in [0.29, 0.717) is 18.2 Å². The Labute approximate surface area is 112 Å². The smallest absolute Gasteiger partial charge is 0.223 e. The van der Waals surface area contributed by atoms with Gasteiger partial charge in [0, 0.05) is 24.7 Å². The largest absolute Gasteiger partial charge is 0.361 e. The van der Waals surface area contributed by atoms with Crippen molar-refractivity contribution >= 4 is 28.9 Å². The molecule has 1 aromatic carbocycles. The molecule has 4 nitrogen and oxygen atoms in total. The van der Waals surface area contributed by atoms with Crippen LogP contribution in [0.3, 0.4) is 0 Å². The topological polar surface area (TPSA) is 53.2 Å². The summed E-state index contributed by atoms with van der Waals surface area (Å²) in [4.78, 5) is 11.4. The molecule has 0 unspecified atom stereocenters. The molecule has 1 aromatic rings. The third-order valence-electron chi connectivity index (χ3n) is 2.69. The first-order valence-corrected chi connectivity index (χ1v) is 6.54. The lowest BCUT2D eigenvalue weighted by Gasteiger charge is -2.10. The number of benzene rings is 1. The summed E-state index contributed by atoms with van der Waals surface area (Å²) in [5.74, 6) is 0.429. The molecule has 18 heavy (non-hydrogen) atoms. The SMILES string of the molecule is O=C(NCCNC(=S)Nc1ccccc1)C1CC1. The fourth-order valence-corrected chi connectivity index (χ4v) is 1.77. The van der Waals surface area contributed by atoms with Gasteiger partial charge < -0.3 is 16.0 Å². The second-order valence-electron chi connectivity index (χ2n) is 4.31. The van der Waals surface area contributed by atoms with Gasteiger partial charge >= 0.3 is 0 Å². The molecule has 1 aliphatic rings. The second-order valence-corrected chi connectivity index (χ2v) is 4.72. The van der Waals surface area contributed by atoms with Crippen molar-refractivity contribution in [3.05, 3.63) is 30.3 Å². The van der Waals surface area contributed by atoms with Crippen molar-refractivity contribution in [1.29, 1.82) is 0 Å². The van der Waals surface area contributed by atoms with Crippen molar-refractivity contribution in [1.82, 2.24) is 10.6 Å². The third kappa shape index (κ3) is 4.33. The first kappa shape index (κ1) is 12.8. The van der Waals surface area contributed by atoms with Gasteiger partial charge in [-0.25, -0.2) is 0 Å². The molecule has 1 fully saturated rings. The van der Waals surface area contributed by atoms with E-state index < -0.39 is 0 Å². The monoisotopic (exact) mass is 263 g/mol. The number of nitrogens with one attached hydrogen (secondary N) is 3. The Bertz CT molecular complexity index is 418. The Balaban J connectivity index is 1.58. The molecule has 5 heteroatoms. The number of thiocarbonyl (C=S) groups is 1. The van der Waals surface area contributed by atoms with Gasteiger partial charge in [-0.3, -0.25) is 4.79 Å². The summed E-state index contributed by atoms with van der Waals surface area (Å²) < 4.78 is 0. The van der Waals surface area contributed by atoms with Crippen LogP contribution in [0.5, 0.6) is 0 Å². The number of anilines is 1. The van der Waals surface area contributed by atoms with Crippen molar-refractivity contribution in [3.8, 4) is 0 Å². The molecule has 1 saturated carbocycles. The van der Waals surface area contributed by atoms with Gasteiger partial charge in [0.25, 0.3) is 0 Å². The summed E-state index contributed by atoms with van der Waals surface area (Å²) in [5.41, 5.74) is 0.956. The number of amides is 1. The zero-order valence-corrected chi connectivity index (χ0v) is 10.9. The minimum absolute atomic E-state index is 0.165. The predicted molar refractivity (Wildman–Crippen MR) is 76.4 cm³/mol. The highest BCUT2D eigenvalue weighted by atomic mass is 32.1. The van der Waals surface area contributed by atoms with E-state index in [2.05, 4.69) is 16.0 Å². The predicted octanol–water partition coefficient (Wildman–Crippen LogP) is 1.50. The van der Waals surface area contributed by atoms with Gasteiger partial charge in [0.1, 0.15) is 0 Å². The zero-order chi connectivity index (χ0) is 12.8. The number of hydrogen-bond acceptors (Lipinski definition) is 2. The molecular formula is C13H17N3OS. The summed E-state index contributed by atoms with van der Waals surface area (Å²) in [6, 6.07) is 9.74. The maximum atomic E-state index is 11.4. The fourth-order valence-electron chi connectivity index (χ4n) is 1.55. The van der Waals surface area contributed by atoms with E-state index in [4.69, 9.17) is 12.2 Å². The average molecular weight is 263 g/mol. The second kappa shape index (κ2) is 6.35. The van der Waals surface area contributed by atoms with Gasteiger partial charge in [-0.05, 0) is 37.2 Å². The molecule has 0 aromatic heterocycles. The minimum atomic E-state index is 0.165. The van der Waals surface area contributed by atoms with Crippen LogP contribution >= 0.6 is 12.2 Å². The van der Waals surface area contributed by atoms with Crippen LogP contribution < -0.4 is 16.0 Å². The van der Waals surface area contributed by atoms with Crippen molar-refractivity contribution < 1.29 is 4.79 Å². The van der Waals surface area contributed by atoms with Crippen LogP contribution in [0.25, 0.3) is 0 Å². The van der Waals surface area contributed by atoms with E-state index in [9.17, 15) is 4.79 Å². The Morgan fingerprint density at radius 1 is 1.17 bits per heavy atom. The maximum absolute atomic E-state index is 11.4. The molecule has 96 valence electrons. The van der Waals surface area contributed by atoms with Crippen molar-refractivity contribution in [2.75, 3.05) is 18.4 Å². The summed E-state index contributed by atoms with van der Waals surface area (Å²) in [7, 11) is 0. The lowest BCUT2D eigenvalue weighted by Crippen LogP contribution is -2.37. The average Bonchev–Trinajstić information content (AvgIpc) is 3.20. The highest BCUT2D eigenvalue weighted by molar-refractivity contribution is 7.80.